The molecule has 0 saturated heterocycles. The Morgan fingerprint density at radius 2 is 2.00 bits per heavy atom. The van der Waals surface area contributed by atoms with Crippen LogP contribution in [0.2, 0.25) is 5.02 Å². The molecule has 118 valence electrons. The lowest BCUT2D eigenvalue weighted by Gasteiger charge is -2.12. The van der Waals surface area contributed by atoms with Crippen LogP contribution in [-0.2, 0) is 6.54 Å². The van der Waals surface area contributed by atoms with Crippen LogP contribution >= 0.6 is 11.6 Å². The fourth-order valence-electron chi connectivity index (χ4n) is 2.17. The quantitative estimate of drug-likeness (QED) is 0.711. The van der Waals surface area contributed by atoms with Crippen molar-refractivity contribution in [2.75, 3.05) is 10.6 Å². The standard InChI is InChI=1S/C17H17ClN4O/c1-11-9-16(21-15-7-3-6-14(18)12(15)2)22-17(20-11)19-10-13-5-4-8-23-13/h3-9H,10H2,1-2H3,(H2,19,20,21,22). The van der Waals surface area contributed by atoms with E-state index >= 15 is 0 Å². The molecule has 0 atom stereocenters. The van der Waals surface area contributed by atoms with Crippen molar-refractivity contribution in [3.63, 3.8) is 0 Å². The highest BCUT2D eigenvalue weighted by molar-refractivity contribution is 6.31. The number of rotatable bonds is 5. The molecule has 0 aliphatic heterocycles. The van der Waals surface area contributed by atoms with Crippen molar-refractivity contribution in [1.82, 2.24) is 9.97 Å². The fourth-order valence-corrected chi connectivity index (χ4v) is 2.35. The first-order valence-electron chi connectivity index (χ1n) is 7.26. The minimum absolute atomic E-state index is 0.534. The molecule has 1 aromatic carbocycles. The van der Waals surface area contributed by atoms with Crippen molar-refractivity contribution >= 4 is 29.1 Å². The number of aryl methyl sites for hydroxylation is 1. The Bertz CT molecular complexity index is 802. The normalized spacial score (nSPS) is 10.6. The summed E-state index contributed by atoms with van der Waals surface area (Å²) < 4.78 is 5.29. The molecule has 5 nitrogen and oxygen atoms in total. The van der Waals surface area contributed by atoms with Gasteiger partial charge in [0.15, 0.2) is 0 Å². The summed E-state index contributed by atoms with van der Waals surface area (Å²) in [6, 6.07) is 11.4. The molecule has 0 amide bonds. The molecule has 0 fully saturated rings. The van der Waals surface area contributed by atoms with Crippen molar-refractivity contribution in [1.29, 1.82) is 0 Å². The third-order valence-electron chi connectivity index (χ3n) is 3.39. The number of furan rings is 1. The largest absolute Gasteiger partial charge is 0.467 e. The second-order valence-electron chi connectivity index (χ2n) is 5.19. The maximum Gasteiger partial charge on any atom is 0.225 e. The SMILES string of the molecule is Cc1cc(Nc2cccc(Cl)c2C)nc(NCc2ccco2)n1. The van der Waals surface area contributed by atoms with E-state index in [1.165, 1.54) is 0 Å². The van der Waals surface area contributed by atoms with Crippen LogP contribution < -0.4 is 10.6 Å². The highest BCUT2D eigenvalue weighted by Gasteiger charge is 2.06. The first kappa shape index (κ1) is 15.4. The molecular formula is C17H17ClN4O. The molecule has 2 N–H and O–H groups in total. The summed E-state index contributed by atoms with van der Waals surface area (Å²) in [5, 5.41) is 7.17. The van der Waals surface area contributed by atoms with E-state index in [1.807, 2.05) is 50.2 Å². The van der Waals surface area contributed by atoms with E-state index in [2.05, 4.69) is 20.6 Å². The molecule has 2 aromatic heterocycles. The monoisotopic (exact) mass is 328 g/mol. The van der Waals surface area contributed by atoms with Crippen LogP contribution in [0, 0.1) is 13.8 Å². The third kappa shape index (κ3) is 3.81. The maximum atomic E-state index is 6.15. The zero-order valence-corrected chi connectivity index (χ0v) is 13.7. The highest BCUT2D eigenvalue weighted by Crippen LogP contribution is 2.26. The van der Waals surface area contributed by atoms with Crippen molar-refractivity contribution in [2.24, 2.45) is 0 Å². The molecule has 0 unspecified atom stereocenters. The lowest BCUT2D eigenvalue weighted by Crippen LogP contribution is -2.06. The number of aromatic nitrogens is 2. The van der Waals surface area contributed by atoms with Gasteiger partial charge in [0.1, 0.15) is 11.6 Å². The van der Waals surface area contributed by atoms with Gasteiger partial charge in [0.2, 0.25) is 5.95 Å². The van der Waals surface area contributed by atoms with E-state index in [-0.39, 0.29) is 0 Å². The minimum Gasteiger partial charge on any atom is -0.467 e. The molecule has 0 aliphatic carbocycles. The fraction of sp³-hybridized carbons (Fsp3) is 0.176. The Kier molecular flexibility index (Phi) is 4.48. The zero-order valence-electron chi connectivity index (χ0n) is 12.9. The number of halogens is 1. The zero-order chi connectivity index (χ0) is 16.2. The van der Waals surface area contributed by atoms with Gasteiger partial charge in [0.05, 0.1) is 12.8 Å². The number of nitrogens with one attached hydrogen (secondary N) is 2. The number of hydrogen-bond acceptors (Lipinski definition) is 5. The molecule has 3 rings (SSSR count). The second-order valence-corrected chi connectivity index (χ2v) is 5.60. The number of anilines is 3. The molecule has 3 aromatic rings. The summed E-state index contributed by atoms with van der Waals surface area (Å²) >= 11 is 6.15. The topological polar surface area (TPSA) is 63.0 Å². The number of hydrogen-bond donors (Lipinski definition) is 2. The number of nitrogens with zero attached hydrogens (tertiary/aromatic N) is 2. The van der Waals surface area contributed by atoms with E-state index in [9.17, 15) is 0 Å². The van der Waals surface area contributed by atoms with E-state index in [1.54, 1.807) is 6.26 Å². The minimum atomic E-state index is 0.534. The van der Waals surface area contributed by atoms with Crippen molar-refractivity contribution < 1.29 is 4.42 Å². The maximum absolute atomic E-state index is 6.15. The second kappa shape index (κ2) is 6.71. The van der Waals surface area contributed by atoms with Gasteiger partial charge in [0, 0.05) is 22.5 Å². The highest BCUT2D eigenvalue weighted by atomic mass is 35.5. The van der Waals surface area contributed by atoms with E-state index < -0.39 is 0 Å². The van der Waals surface area contributed by atoms with Crippen molar-refractivity contribution in [3.8, 4) is 0 Å². The van der Waals surface area contributed by atoms with Gasteiger partial charge >= 0.3 is 0 Å². The van der Waals surface area contributed by atoms with E-state index in [0.717, 1.165) is 27.7 Å². The van der Waals surface area contributed by atoms with Crippen LogP contribution in [0.25, 0.3) is 0 Å². The molecular weight excluding hydrogens is 312 g/mol. The summed E-state index contributed by atoms with van der Waals surface area (Å²) in [4.78, 5) is 8.87. The Morgan fingerprint density at radius 3 is 2.78 bits per heavy atom. The predicted molar refractivity (Wildman–Crippen MR) is 92.3 cm³/mol. The lowest BCUT2D eigenvalue weighted by atomic mass is 10.2. The first-order valence-corrected chi connectivity index (χ1v) is 7.64. The predicted octanol–water partition coefficient (Wildman–Crippen LogP) is 4.70. The molecule has 0 aliphatic rings. The van der Waals surface area contributed by atoms with Crippen LogP contribution in [0.3, 0.4) is 0 Å². The van der Waals surface area contributed by atoms with Gasteiger partial charge in [-0.3, -0.25) is 0 Å². The van der Waals surface area contributed by atoms with Crippen LogP contribution in [0.5, 0.6) is 0 Å². The van der Waals surface area contributed by atoms with Gasteiger partial charge in [0.25, 0.3) is 0 Å². The Labute approximate surface area is 139 Å². The molecule has 0 spiro atoms. The van der Waals surface area contributed by atoms with E-state index in [4.69, 9.17) is 16.0 Å². The molecule has 6 heteroatoms. The van der Waals surface area contributed by atoms with Crippen LogP contribution in [-0.4, -0.2) is 9.97 Å². The molecule has 0 radical (unpaired) electrons. The molecule has 2 heterocycles. The Morgan fingerprint density at radius 1 is 1.13 bits per heavy atom. The third-order valence-corrected chi connectivity index (χ3v) is 3.79. The average molecular weight is 329 g/mol. The van der Waals surface area contributed by atoms with Gasteiger partial charge in [-0.25, -0.2) is 4.98 Å². The summed E-state index contributed by atoms with van der Waals surface area (Å²) in [5.41, 5.74) is 2.77. The lowest BCUT2D eigenvalue weighted by molar-refractivity contribution is 0.517. The molecule has 23 heavy (non-hydrogen) atoms. The first-order chi connectivity index (χ1) is 11.1. The van der Waals surface area contributed by atoms with Gasteiger partial charge in [-0.05, 0) is 43.7 Å². The van der Waals surface area contributed by atoms with Gasteiger partial charge in [-0.15, -0.1) is 0 Å². The smallest absolute Gasteiger partial charge is 0.225 e. The molecule has 0 saturated carbocycles. The van der Waals surface area contributed by atoms with Crippen LogP contribution in [0.4, 0.5) is 17.5 Å². The Balaban J connectivity index is 1.78. The summed E-state index contributed by atoms with van der Waals surface area (Å²) in [5.74, 6) is 2.09. The van der Waals surface area contributed by atoms with Crippen molar-refractivity contribution in [2.45, 2.75) is 20.4 Å². The summed E-state index contributed by atoms with van der Waals surface area (Å²) in [6.45, 7) is 4.43. The van der Waals surface area contributed by atoms with Gasteiger partial charge < -0.3 is 15.1 Å². The Hall–Kier alpha value is -2.53. The van der Waals surface area contributed by atoms with Gasteiger partial charge in [-0.1, -0.05) is 17.7 Å². The van der Waals surface area contributed by atoms with Crippen molar-refractivity contribution in [3.05, 3.63) is 64.7 Å². The van der Waals surface area contributed by atoms with Crippen LogP contribution in [0.1, 0.15) is 17.0 Å². The van der Waals surface area contributed by atoms with E-state index in [0.29, 0.717) is 18.3 Å². The average Bonchev–Trinajstić information content (AvgIpc) is 3.03. The number of benzene rings is 1. The summed E-state index contributed by atoms with van der Waals surface area (Å²) in [7, 11) is 0. The van der Waals surface area contributed by atoms with Crippen LogP contribution in [0.15, 0.2) is 47.1 Å². The van der Waals surface area contributed by atoms with Gasteiger partial charge in [-0.2, -0.15) is 4.98 Å². The summed E-state index contributed by atoms with van der Waals surface area (Å²) in [6.07, 6.45) is 1.64. The molecule has 0 bridgehead atoms.